The van der Waals surface area contributed by atoms with Gasteiger partial charge in [0.15, 0.2) is 0 Å². The van der Waals surface area contributed by atoms with Gasteiger partial charge in [-0.3, -0.25) is 0 Å². The van der Waals surface area contributed by atoms with E-state index in [9.17, 15) is 21.8 Å². The van der Waals surface area contributed by atoms with E-state index in [0.717, 1.165) is 20.0 Å². The molecule has 2 rings (SSSR count). The molecule has 2 aliphatic carbocycles. The second kappa shape index (κ2) is 16.7. The lowest BCUT2D eigenvalue weighted by Gasteiger charge is -2.30. The molecule has 3 atom stereocenters. The molecular weight excluding hydrogens is 492 g/mol. The third-order valence-corrected chi connectivity index (χ3v) is 8.20. The maximum Gasteiger partial charge on any atom is 0.248 e. The van der Waals surface area contributed by atoms with Crippen LogP contribution >= 0.6 is 11.8 Å². The molecule has 2 saturated carbocycles. The van der Waals surface area contributed by atoms with Crippen LogP contribution < -0.4 is 9.56 Å². The normalized spacial score (nSPS) is 23.2. The summed E-state index contributed by atoms with van der Waals surface area (Å²) in [6, 6.07) is 0.333. The van der Waals surface area contributed by atoms with Crippen LogP contribution in [-0.2, 0) is 11.0 Å². The minimum absolute atomic E-state index is 0. The first kappa shape index (κ1) is 36.2. The van der Waals surface area contributed by atoms with Gasteiger partial charge in [-0.15, -0.1) is 0 Å². The molecule has 0 saturated heterocycles. The van der Waals surface area contributed by atoms with Crippen molar-refractivity contribution in [1.29, 1.82) is 0 Å². The van der Waals surface area contributed by atoms with Crippen LogP contribution in [0.2, 0.25) is 0 Å². The predicted molar refractivity (Wildman–Crippen MR) is 137 cm³/mol. The molecule has 208 valence electrons. The number of aliphatic hydroxyl groups excluding tert-OH is 1. The molecule has 0 aliphatic heterocycles. The van der Waals surface area contributed by atoms with Gasteiger partial charge in [-0.2, -0.15) is 0 Å². The maximum atomic E-state index is 13.0. The fourth-order valence-corrected chi connectivity index (χ4v) is 5.03. The molecular formula is C24H49ClF4N2O2S. The predicted octanol–water partition coefficient (Wildman–Crippen LogP) is 7.22. The van der Waals surface area contributed by atoms with E-state index in [0.29, 0.717) is 37.5 Å². The molecule has 10 heteroatoms. The fraction of sp³-hybridized carbons (Fsp3) is 1.00. The van der Waals surface area contributed by atoms with Crippen molar-refractivity contribution in [1.82, 2.24) is 9.56 Å². The smallest absolute Gasteiger partial charge is 0.248 e. The summed E-state index contributed by atoms with van der Waals surface area (Å²) in [5, 5.41) is 7.00. The Labute approximate surface area is 213 Å². The van der Waals surface area contributed by atoms with Gasteiger partial charge in [0.1, 0.15) is 0 Å². The van der Waals surface area contributed by atoms with Gasteiger partial charge in [-0.25, -0.2) is 31.3 Å². The van der Waals surface area contributed by atoms with Crippen LogP contribution in [-0.4, -0.2) is 45.1 Å². The van der Waals surface area contributed by atoms with Crippen molar-refractivity contribution in [2.75, 3.05) is 7.11 Å². The molecule has 3 N–H and O–H groups in total. The highest BCUT2D eigenvalue weighted by Gasteiger charge is 2.36. The number of hydrogen-bond donors (Lipinski definition) is 3. The topological polar surface area (TPSA) is 61.4 Å². The van der Waals surface area contributed by atoms with Gasteiger partial charge in [-0.05, 0) is 96.8 Å². The van der Waals surface area contributed by atoms with Crippen LogP contribution in [0.5, 0.6) is 0 Å². The average Bonchev–Trinajstić information content (AvgIpc) is 2.72. The van der Waals surface area contributed by atoms with Crippen molar-refractivity contribution >= 4 is 22.8 Å². The van der Waals surface area contributed by atoms with Gasteiger partial charge in [0.2, 0.25) is 11.8 Å². The minimum atomic E-state index is -2.46. The molecule has 0 amide bonds. The fourth-order valence-electron chi connectivity index (χ4n) is 4.12. The molecule has 0 aromatic carbocycles. The summed E-state index contributed by atoms with van der Waals surface area (Å²) in [7, 11) is -0.0852. The molecule has 0 bridgehead atoms. The summed E-state index contributed by atoms with van der Waals surface area (Å²) in [5.41, 5.74) is 0. The SMILES string of the molecule is C.CO.C[C@@H](CC1CCC(F)(F)CC1)NCl.C[C@@H](CC1CCC(F)(F)CC1)N[S@](=O)C(C)(C)C. The van der Waals surface area contributed by atoms with Crippen molar-refractivity contribution in [3.63, 3.8) is 0 Å². The monoisotopic (exact) mass is 540 g/mol. The zero-order valence-corrected chi connectivity index (χ0v) is 22.6. The third kappa shape index (κ3) is 15.9. The van der Waals surface area contributed by atoms with Crippen molar-refractivity contribution in [3.8, 4) is 0 Å². The second-order valence-corrected chi connectivity index (χ2v) is 12.7. The number of aliphatic hydroxyl groups is 1. The number of alkyl halides is 4. The van der Waals surface area contributed by atoms with Gasteiger partial charge < -0.3 is 5.11 Å². The lowest BCUT2D eigenvalue weighted by Crippen LogP contribution is -2.39. The zero-order chi connectivity index (χ0) is 25.9. The van der Waals surface area contributed by atoms with E-state index in [4.69, 9.17) is 16.9 Å². The van der Waals surface area contributed by atoms with Crippen molar-refractivity contribution in [2.24, 2.45) is 11.8 Å². The van der Waals surface area contributed by atoms with E-state index in [1.165, 1.54) is 0 Å². The standard InChI is InChI=1S/C13H25F2NOS.C9H16ClF2N.CH4O.CH4/c1-10(16-18(17)12(2,3)4)9-11-5-7-13(14,15)8-6-11;1-7(13-10)6-8-2-4-9(11,12)5-3-8;1-2;/h10-11,16H,5-9H2,1-4H3;7-8,13H,2-6H2,1H3;2H,1H3;1H4/t10-,18+;7-;;/m00../s1. The quantitative estimate of drug-likeness (QED) is 0.236. The molecule has 34 heavy (non-hydrogen) atoms. The minimum Gasteiger partial charge on any atom is -0.400 e. The summed E-state index contributed by atoms with van der Waals surface area (Å²) >= 11 is 5.43. The summed E-state index contributed by atoms with van der Waals surface area (Å²) in [5.74, 6) is -4.11. The third-order valence-electron chi connectivity index (χ3n) is 6.10. The molecule has 0 radical (unpaired) electrons. The first-order valence-corrected chi connectivity index (χ1v) is 13.4. The first-order chi connectivity index (χ1) is 15.1. The van der Waals surface area contributed by atoms with Gasteiger partial charge in [0, 0.05) is 44.9 Å². The Morgan fingerprint density at radius 2 is 1.21 bits per heavy atom. The van der Waals surface area contributed by atoms with Crippen LogP contribution in [0.3, 0.4) is 0 Å². The lowest BCUT2D eigenvalue weighted by atomic mass is 9.83. The highest BCUT2D eigenvalue weighted by molar-refractivity contribution is 7.84. The van der Waals surface area contributed by atoms with Gasteiger partial charge in [-0.1, -0.05) is 7.43 Å². The molecule has 0 unspecified atom stereocenters. The Kier molecular flexibility index (Phi) is 17.8. The number of nitrogens with one attached hydrogen (secondary N) is 2. The van der Waals surface area contributed by atoms with Gasteiger partial charge in [0.25, 0.3) is 0 Å². The second-order valence-electron chi connectivity index (χ2n) is 10.5. The molecule has 4 nitrogen and oxygen atoms in total. The maximum absolute atomic E-state index is 13.0. The van der Waals surface area contributed by atoms with E-state index in [1.807, 2.05) is 34.6 Å². The highest BCUT2D eigenvalue weighted by Crippen LogP contribution is 2.38. The average molecular weight is 541 g/mol. The number of hydrogen-bond acceptors (Lipinski definition) is 3. The molecule has 0 heterocycles. The van der Waals surface area contributed by atoms with Gasteiger partial charge in [0.05, 0.1) is 15.7 Å². The Hall–Kier alpha value is 0.0400. The van der Waals surface area contributed by atoms with Crippen molar-refractivity contribution in [2.45, 2.75) is 135 Å². The Morgan fingerprint density at radius 3 is 1.50 bits per heavy atom. The Balaban J connectivity index is 0. The van der Waals surface area contributed by atoms with Gasteiger partial charge >= 0.3 is 0 Å². The van der Waals surface area contributed by atoms with Crippen LogP contribution in [0.1, 0.15) is 106 Å². The lowest BCUT2D eigenvalue weighted by molar-refractivity contribution is -0.0475. The van der Waals surface area contributed by atoms with E-state index in [1.54, 1.807) is 0 Å². The van der Waals surface area contributed by atoms with Crippen LogP contribution in [0, 0.1) is 11.8 Å². The summed E-state index contributed by atoms with van der Waals surface area (Å²) in [4.78, 5) is 2.62. The number of rotatable bonds is 7. The van der Waals surface area contributed by atoms with Crippen LogP contribution in [0.25, 0.3) is 0 Å². The van der Waals surface area contributed by atoms with Crippen molar-refractivity contribution < 1.29 is 26.9 Å². The summed E-state index contributed by atoms with van der Waals surface area (Å²) < 4.78 is 66.2. The largest absolute Gasteiger partial charge is 0.400 e. The Bertz CT molecular complexity index is 546. The summed E-state index contributed by atoms with van der Waals surface area (Å²) in [6.45, 7) is 9.72. The molecule has 2 aliphatic rings. The summed E-state index contributed by atoms with van der Waals surface area (Å²) in [6.07, 6.45) is 4.28. The molecule has 0 aromatic heterocycles. The molecule has 0 spiro atoms. The van der Waals surface area contributed by atoms with Crippen molar-refractivity contribution in [3.05, 3.63) is 0 Å². The highest BCUT2D eigenvalue weighted by atomic mass is 35.5. The first-order valence-electron chi connectivity index (χ1n) is 11.9. The van der Waals surface area contributed by atoms with E-state index in [2.05, 4.69) is 9.56 Å². The number of halogens is 5. The molecule has 2 fully saturated rings. The van der Waals surface area contributed by atoms with Crippen LogP contribution in [0.15, 0.2) is 0 Å². The van der Waals surface area contributed by atoms with E-state index < -0.39 is 22.8 Å². The zero-order valence-electron chi connectivity index (χ0n) is 21.0. The Morgan fingerprint density at radius 1 is 0.882 bits per heavy atom. The van der Waals surface area contributed by atoms with E-state index in [-0.39, 0.29) is 49.9 Å². The molecule has 0 aromatic rings. The van der Waals surface area contributed by atoms with Crippen LogP contribution in [0.4, 0.5) is 17.6 Å². The van der Waals surface area contributed by atoms with E-state index >= 15 is 0 Å².